The number of halogens is 1. The molecule has 0 aliphatic rings. The first-order valence-corrected chi connectivity index (χ1v) is 6.97. The average Bonchev–Trinajstić information content (AvgIpc) is 2.84. The van der Waals surface area contributed by atoms with Crippen LogP contribution in [0.2, 0.25) is 0 Å². The van der Waals surface area contributed by atoms with Gasteiger partial charge in [0.25, 0.3) is 0 Å². The van der Waals surface area contributed by atoms with Crippen molar-refractivity contribution < 1.29 is 0 Å². The summed E-state index contributed by atoms with van der Waals surface area (Å²) in [4.78, 5) is 4.48. The van der Waals surface area contributed by atoms with E-state index in [4.69, 9.17) is 11.6 Å². The fourth-order valence-corrected chi connectivity index (χ4v) is 2.38. The van der Waals surface area contributed by atoms with Gasteiger partial charge in [-0.15, -0.1) is 11.6 Å². The highest BCUT2D eigenvalue weighted by Crippen LogP contribution is 2.14. The summed E-state index contributed by atoms with van der Waals surface area (Å²) < 4.78 is 1.76. The van der Waals surface area contributed by atoms with Crippen molar-refractivity contribution in [2.45, 2.75) is 26.2 Å². The highest BCUT2D eigenvalue weighted by molar-refractivity contribution is 6.17. The molecular weight excluding hydrogens is 248 g/mol. The van der Waals surface area contributed by atoms with Crippen LogP contribution in [-0.2, 0) is 0 Å². The number of aromatic nitrogens is 3. The fourth-order valence-electron chi connectivity index (χ4n) is 2.07. The molecule has 1 unspecified atom stereocenters. The summed E-state index contributed by atoms with van der Waals surface area (Å²) in [5.74, 6) is 2.25. The van der Waals surface area contributed by atoms with Gasteiger partial charge in [-0.2, -0.15) is 5.10 Å². The summed E-state index contributed by atoms with van der Waals surface area (Å²) in [6, 6.07) is 3.84. The first-order chi connectivity index (χ1) is 8.83. The van der Waals surface area contributed by atoms with Gasteiger partial charge in [-0.05, 0) is 24.8 Å². The minimum absolute atomic E-state index is 0.621. The largest absolute Gasteiger partial charge is 0.370 e. The van der Waals surface area contributed by atoms with Gasteiger partial charge in [0.15, 0.2) is 5.65 Å². The highest BCUT2D eigenvalue weighted by Gasteiger charge is 2.07. The average molecular weight is 267 g/mol. The van der Waals surface area contributed by atoms with Crippen molar-refractivity contribution in [1.82, 2.24) is 14.6 Å². The molecule has 0 spiro atoms. The van der Waals surface area contributed by atoms with Crippen LogP contribution in [0.15, 0.2) is 24.5 Å². The molecule has 0 saturated heterocycles. The minimum Gasteiger partial charge on any atom is -0.370 e. The molecule has 1 N–H and O–H groups in total. The van der Waals surface area contributed by atoms with Crippen LogP contribution in [-0.4, -0.2) is 27.0 Å². The van der Waals surface area contributed by atoms with Crippen molar-refractivity contribution in [1.29, 1.82) is 0 Å². The lowest BCUT2D eigenvalue weighted by Gasteiger charge is -2.15. The van der Waals surface area contributed by atoms with E-state index in [1.165, 1.54) is 12.8 Å². The van der Waals surface area contributed by atoms with Crippen LogP contribution in [0.25, 0.3) is 5.65 Å². The molecule has 0 amide bonds. The molecule has 2 aromatic rings. The maximum atomic E-state index is 5.82. The molecule has 2 aromatic heterocycles. The lowest BCUT2D eigenvalue weighted by Crippen LogP contribution is -2.15. The van der Waals surface area contributed by atoms with Crippen LogP contribution >= 0.6 is 11.6 Å². The third-order valence-corrected chi connectivity index (χ3v) is 3.26. The molecule has 0 aliphatic carbocycles. The second-order valence-electron chi connectivity index (χ2n) is 4.46. The predicted octanol–water partition coefficient (Wildman–Crippen LogP) is 3.19. The van der Waals surface area contributed by atoms with Gasteiger partial charge < -0.3 is 5.32 Å². The normalized spacial score (nSPS) is 12.8. The molecule has 98 valence electrons. The third-order valence-electron chi connectivity index (χ3n) is 3.04. The van der Waals surface area contributed by atoms with Crippen molar-refractivity contribution in [2.75, 3.05) is 17.7 Å². The standard InChI is InChI=1S/C13H19ClN4/c1-2-3-11(4-7-14)10-15-12-6-9-18-13(17-12)5-8-16-18/h5-6,8-9,11H,2-4,7,10H2,1H3,(H,15,17). The topological polar surface area (TPSA) is 42.2 Å². The number of anilines is 1. The molecule has 4 nitrogen and oxygen atoms in total. The molecule has 1 atom stereocenters. The van der Waals surface area contributed by atoms with Crippen molar-refractivity contribution >= 4 is 23.1 Å². The lowest BCUT2D eigenvalue weighted by atomic mass is 10.0. The smallest absolute Gasteiger partial charge is 0.157 e. The second kappa shape index (κ2) is 6.59. The first-order valence-electron chi connectivity index (χ1n) is 6.43. The number of fused-ring (bicyclic) bond motifs is 1. The molecule has 0 fully saturated rings. The summed E-state index contributed by atoms with van der Waals surface area (Å²) in [5.41, 5.74) is 0.865. The van der Waals surface area contributed by atoms with E-state index in [0.29, 0.717) is 5.92 Å². The number of hydrogen-bond donors (Lipinski definition) is 1. The van der Waals surface area contributed by atoms with E-state index < -0.39 is 0 Å². The summed E-state index contributed by atoms with van der Waals surface area (Å²) in [6.45, 7) is 3.13. The number of alkyl halides is 1. The molecule has 0 aliphatic heterocycles. The van der Waals surface area contributed by atoms with E-state index in [2.05, 4.69) is 22.3 Å². The van der Waals surface area contributed by atoms with E-state index in [-0.39, 0.29) is 0 Å². The van der Waals surface area contributed by atoms with Crippen LogP contribution in [0.5, 0.6) is 0 Å². The number of hydrogen-bond acceptors (Lipinski definition) is 3. The maximum absolute atomic E-state index is 5.82. The Bertz CT molecular complexity index is 477. The zero-order chi connectivity index (χ0) is 12.8. The van der Waals surface area contributed by atoms with Gasteiger partial charge in [0.1, 0.15) is 5.82 Å². The van der Waals surface area contributed by atoms with Crippen LogP contribution < -0.4 is 5.32 Å². The van der Waals surface area contributed by atoms with E-state index >= 15 is 0 Å². The molecule has 2 heterocycles. The molecule has 0 aromatic carbocycles. The van der Waals surface area contributed by atoms with E-state index in [1.807, 2.05) is 18.3 Å². The Morgan fingerprint density at radius 3 is 3.06 bits per heavy atom. The SMILES string of the molecule is CCCC(CCCl)CNc1ccn2nccc2n1. The summed E-state index contributed by atoms with van der Waals surface area (Å²) >= 11 is 5.82. The summed E-state index contributed by atoms with van der Waals surface area (Å²) in [7, 11) is 0. The molecule has 0 radical (unpaired) electrons. The Kier molecular flexibility index (Phi) is 4.81. The zero-order valence-corrected chi connectivity index (χ0v) is 11.4. The van der Waals surface area contributed by atoms with Crippen LogP contribution in [0.1, 0.15) is 26.2 Å². The van der Waals surface area contributed by atoms with Gasteiger partial charge in [-0.25, -0.2) is 9.50 Å². The molecule has 18 heavy (non-hydrogen) atoms. The number of rotatable bonds is 7. The van der Waals surface area contributed by atoms with E-state index in [0.717, 1.165) is 30.3 Å². The number of nitrogens with one attached hydrogen (secondary N) is 1. The monoisotopic (exact) mass is 266 g/mol. The number of nitrogens with zero attached hydrogens (tertiary/aromatic N) is 3. The van der Waals surface area contributed by atoms with Gasteiger partial charge in [-0.1, -0.05) is 13.3 Å². The van der Waals surface area contributed by atoms with Crippen LogP contribution in [0.4, 0.5) is 5.82 Å². The lowest BCUT2D eigenvalue weighted by molar-refractivity contribution is 0.489. The quantitative estimate of drug-likeness (QED) is 0.783. The molecule has 2 rings (SSSR count). The van der Waals surface area contributed by atoms with Crippen molar-refractivity contribution in [2.24, 2.45) is 5.92 Å². The van der Waals surface area contributed by atoms with Gasteiger partial charge >= 0.3 is 0 Å². The third kappa shape index (κ3) is 3.35. The Hall–Kier alpha value is -1.29. The maximum Gasteiger partial charge on any atom is 0.157 e. The Morgan fingerprint density at radius 2 is 2.28 bits per heavy atom. The molecular formula is C13H19ClN4. The zero-order valence-electron chi connectivity index (χ0n) is 10.6. The molecule has 0 saturated carbocycles. The first kappa shape index (κ1) is 13.1. The van der Waals surface area contributed by atoms with Gasteiger partial charge in [0.05, 0.1) is 6.20 Å². The Morgan fingerprint density at radius 1 is 1.39 bits per heavy atom. The second-order valence-corrected chi connectivity index (χ2v) is 4.84. The minimum atomic E-state index is 0.621. The van der Waals surface area contributed by atoms with E-state index in [9.17, 15) is 0 Å². The van der Waals surface area contributed by atoms with Crippen molar-refractivity contribution in [3.63, 3.8) is 0 Å². The van der Waals surface area contributed by atoms with Gasteiger partial charge in [-0.3, -0.25) is 0 Å². The van der Waals surface area contributed by atoms with Crippen molar-refractivity contribution in [3.05, 3.63) is 24.5 Å². The van der Waals surface area contributed by atoms with Gasteiger partial charge in [0, 0.05) is 24.7 Å². The fraction of sp³-hybridized carbons (Fsp3) is 0.538. The molecule has 0 bridgehead atoms. The van der Waals surface area contributed by atoms with Crippen LogP contribution in [0.3, 0.4) is 0 Å². The molecule has 5 heteroatoms. The predicted molar refractivity (Wildman–Crippen MR) is 75.2 cm³/mol. The summed E-state index contributed by atoms with van der Waals surface area (Å²) in [5, 5.41) is 7.51. The summed E-state index contributed by atoms with van der Waals surface area (Å²) in [6.07, 6.45) is 7.12. The highest BCUT2D eigenvalue weighted by atomic mass is 35.5. The van der Waals surface area contributed by atoms with E-state index in [1.54, 1.807) is 10.7 Å². The Labute approximate surface area is 112 Å². The van der Waals surface area contributed by atoms with Gasteiger partial charge in [0.2, 0.25) is 0 Å². The van der Waals surface area contributed by atoms with Crippen LogP contribution in [0, 0.1) is 5.92 Å². The Balaban J connectivity index is 1.95. The van der Waals surface area contributed by atoms with Crippen molar-refractivity contribution in [3.8, 4) is 0 Å².